The highest BCUT2D eigenvalue weighted by molar-refractivity contribution is 5.21. The van der Waals surface area contributed by atoms with Crippen LogP contribution in [-0.2, 0) is 12.1 Å². The van der Waals surface area contributed by atoms with Crippen LogP contribution in [0.3, 0.4) is 0 Å². The van der Waals surface area contributed by atoms with E-state index in [-0.39, 0.29) is 11.9 Å². The number of halogens is 1. The van der Waals surface area contributed by atoms with Crippen LogP contribution in [0, 0.1) is 5.82 Å². The normalized spacial score (nSPS) is 19.9. The lowest BCUT2D eigenvalue weighted by Gasteiger charge is -2.35. The minimum atomic E-state index is -0.632. The molecule has 7 heteroatoms. The summed E-state index contributed by atoms with van der Waals surface area (Å²) in [6.45, 7) is 6.64. The molecule has 124 valence electrons. The molecule has 3 N–H and O–H groups in total. The zero-order chi connectivity index (χ0) is 16.4. The van der Waals surface area contributed by atoms with Crippen molar-refractivity contribution < 1.29 is 8.91 Å². The van der Waals surface area contributed by atoms with Crippen LogP contribution in [0.15, 0.2) is 28.8 Å². The predicted octanol–water partition coefficient (Wildman–Crippen LogP) is 1.55. The number of hydrogen-bond donors (Lipinski definition) is 2. The molecule has 1 aromatic carbocycles. The van der Waals surface area contributed by atoms with Gasteiger partial charge in [0.1, 0.15) is 5.82 Å². The van der Waals surface area contributed by atoms with E-state index in [1.807, 2.05) is 19.9 Å². The van der Waals surface area contributed by atoms with E-state index in [9.17, 15) is 4.39 Å². The number of nitrogens with zero attached hydrogens (tertiary/aromatic N) is 3. The monoisotopic (exact) mass is 319 g/mol. The summed E-state index contributed by atoms with van der Waals surface area (Å²) in [4.78, 5) is 6.60. The second kappa shape index (κ2) is 6.35. The lowest BCUT2D eigenvalue weighted by Crippen LogP contribution is -2.45. The Labute approximate surface area is 134 Å². The Morgan fingerprint density at radius 1 is 1.48 bits per heavy atom. The fourth-order valence-electron chi connectivity index (χ4n) is 2.73. The Hall–Kier alpha value is -1.83. The van der Waals surface area contributed by atoms with Gasteiger partial charge in [0, 0.05) is 25.7 Å². The summed E-state index contributed by atoms with van der Waals surface area (Å²) in [6, 6.07) is 6.78. The molecular formula is C16H22FN5O. The van der Waals surface area contributed by atoms with Crippen molar-refractivity contribution in [1.29, 1.82) is 0 Å². The number of nitrogens with one attached hydrogen (secondary N) is 1. The van der Waals surface area contributed by atoms with Gasteiger partial charge < -0.3 is 15.6 Å². The fourth-order valence-corrected chi connectivity index (χ4v) is 2.73. The zero-order valence-corrected chi connectivity index (χ0v) is 13.4. The summed E-state index contributed by atoms with van der Waals surface area (Å²) < 4.78 is 18.8. The molecule has 0 bridgehead atoms. The van der Waals surface area contributed by atoms with Crippen LogP contribution in [0.2, 0.25) is 0 Å². The Kier molecular flexibility index (Phi) is 4.43. The van der Waals surface area contributed by atoms with Gasteiger partial charge in [0.05, 0.1) is 12.1 Å². The second-order valence-corrected chi connectivity index (χ2v) is 6.48. The van der Waals surface area contributed by atoms with Crippen molar-refractivity contribution in [3.63, 3.8) is 0 Å². The maximum Gasteiger partial charge on any atom is 0.240 e. The largest absolute Gasteiger partial charge is 0.338 e. The molecule has 1 aliphatic heterocycles. The SMILES string of the molecule is CC(C)(N)c1noc(CN2CCNCC2c2cccc(F)c2)n1. The van der Waals surface area contributed by atoms with Gasteiger partial charge in [-0.05, 0) is 31.5 Å². The predicted molar refractivity (Wildman–Crippen MR) is 83.9 cm³/mol. The Bertz CT molecular complexity index is 666. The van der Waals surface area contributed by atoms with Gasteiger partial charge in [0.25, 0.3) is 0 Å². The number of piperazine rings is 1. The van der Waals surface area contributed by atoms with E-state index in [1.165, 1.54) is 6.07 Å². The molecule has 1 saturated heterocycles. The van der Waals surface area contributed by atoms with Crippen molar-refractivity contribution in [3.8, 4) is 0 Å². The van der Waals surface area contributed by atoms with Gasteiger partial charge in [-0.25, -0.2) is 4.39 Å². The first-order valence-corrected chi connectivity index (χ1v) is 7.75. The number of rotatable bonds is 4. The van der Waals surface area contributed by atoms with Crippen LogP contribution in [-0.4, -0.2) is 34.7 Å². The highest BCUT2D eigenvalue weighted by Crippen LogP contribution is 2.25. The van der Waals surface area contributed by atoms with Crippen LogP contribution >= 0.6 is 0 Å². The number of nitrogens with two attached hydrogens (primary N) is 1. The van der Waals surface area contributed by atoms with Crippen molar-refractivity contribution >= 4 is 0 Å². The van der Waals surface area contributed by atoms with Crippen molar-refractivity contribution in [1.82, 2.24) is 20.4 Å². The van der Waals surface area contributed by atoms with Crippen LogP contribution in [0.1, 0.15) is 37.2 Å². The summed E-state index contributed by atoms with van der Waals surface area (Å²) in [6.07, 6.45) is 0. The molecule has 3 rings (SSSR count). The third-order valence-electron chi connectivity index (χ3n) is 3.97. The number of hydrogen-bond acceptors (Lipinski definition) is 6. The van der Waals surface area contributed by atoms with E-state index in [2.05, 4.69) is 20.4 Å². The van der Waals surface area contributed by atoms with E-state index in [1.54, 1.807) is 12.1 Å². The molecule has 6 nitrogen and oxygen atoms in total. The third-order valence-corrected chi connectivity index (χ3v) is 3.97. The molecule has 0 radical (unpaired) electrons. The van der Waals surface area contributed by atoms with Gasteiger partial charge in [-0.2, -0.15) is 4.98 Å². The Morgan fingerprint density at radius 3 is 3.00 bits per heavy atom. The zero-order valence-electron chi connectivity index (χ0n) is 13.4. The molecule has 1 atom stereocenters. The van der Waals surface area contributed by atoms with Crippen LogP contribution in [0.25, 0.3) is 0 Å². The minimum absolute atomic E-state index is 0.0701. The minimum Gasteiger partial charge on any atom is -0.338 e. The first-order chi connectivity index (χ1) is 10.9. The number of aromatic nitrogens is 2. The molecule has 1 aromatic heterocycles. The average molecular weight is 319 g/mol. The molecule has 0 aliphatic carbocycles. The second-order valence-electron chi connectivity index (χ2n) is 6.48. The first kappa shape index (κ1) is 16.0. The highest BCUT2D eigenvalue weighted by atomic mass is 19.1. The lowest BCUT2D eigenvalue weighted by atomic mass is 10.0. The number of benzene rings is 1. The molecular weight excluding hydrogens is 297 g/mol. The molecule has 1 fully saturated rings. The molecule has 2 heterocycles. The fraction of sp³-hybridized carbons (Fsp3) is 0.500. The van der Waals surface area contributed by atoms with Gasteiger partial charge >= 0.3 is 0 Å². The van der Waals surface area contributed by atoms with Gasteiger partial charge in [-0.15, -0.1) is 0 Å². The van der Waals surface area contributed by atoms with E-state index >= 15 is 0 Å². The van der Waals surface area contributed by atoms with E-state index < -0.39 is 5.54 Å². The lowest BCUT2D eigenvalue weighted by molar-refractivity contribution is 0.135. The first-order valence-electron chi connectivity index (χ1n) is 7.75. The molecule has 0 amide bonds. The van der Waals surface area contributed by atoms with Gasteiger partial charge in [-0.1, -0.05) is 17.3 Å². The smallest absolute Gasteiger partial charge is 0.240 e. The van der Waals surface area contributed by atoms with E-state index in [0.29, 0.717) is 18.3 Å². The summed E-state index contributed by atoms with van der Waals surface area (Å²) in [7, 11) is 0. The van der Waals surface area contributed by atoms with Crippen molar-refractivity contribution in [2.75, 3.05) is 19.6 Å². The van der Waals surface area contributed by atoms with Gasteiger partial charge in [0.2, 0.25) is 5.89 Å². The van der Waals surface area contributed by atoms with Crippen LogP contribution in [0.4, 0.5) is 4.39 Å². The maximum absolute atomic E-state index is 13.5. The van der Waals surface area contributed by atoms with E-state index in [0.717, 1.165) is 25.2 Å². The van der Waals surface area contributed by atoms with Crippen molar-refractivity contribution in [3.05, 3.63) is 47.4 Å². The standard InChI is InChI=1S/C16H22FN5O/c1-16(2,18)15-20-14(23-21-15)10-22-7-6-19-9-13(22)11-4-3-5-12(17)8-11/h3-5,8,13,19H,6-7,9-10,18H2,1-2H3. The Balaban J connectivity index is 1.78. The van der Waals surface area contributed by atoms with Crippen LogP contribution < -0.4 is 11.1 Å². The summed E-state index contributed by atoms with van der Waals surface area (Å²) in [5, 5.41) is 7.30. The molecule has 0 saturated carbocycles. The molecule has 1 aliphatic rings. The van der Waals surface area contributed by atoms with Crippen LogP contribution in [0.5, 0.6) is 0 Å². The maximum atomic E-state index is 13.5. The molecule has 0 spiro atoms. The highest BCUT2D eigenvalue weighted by Gasteiger charge is 2.27. The molecule has 2 aromatic rings. The summed E-state index contributed by atoms with van der Waals surface area (Å²) >= 11 is 0. The topological polar surface area (TPSA) is 80.2 Å². The molecule has 1 unspecified atom stereocenters. The van der Waals surface area contributed by atoms with Gasteiger partial charge in [-0.3, -0.25) is 4.90 Å². The van der Waals surface area contributed by atoms with Gasteiger partial charge in [0.15, 0.2) is 5.82 Å². The third kappa shape index (κ3) is 3.74. The Morgan fingerprint density at radius 2 is 2.30 bits per heavy atom. The average Bonchev–Trinajstić information content (AvgIpc) is 2.96. The summed E-state index contributed by atoms with van der Waals surface area (Å²) in [5.74, 6) is 0.796. The van der Waals surface area contributed by atoms with E-state index in [4.69, 9.17) is 10.3 Å². The van der Waals surface area contributed by atoms with Crippen molar-refractivity contribution in [2.45, 2.75) is 32.0 Å². The summed E-state index contributed by atoms with van der Waals surface area (Å²) in [5.41, 5.74) is 6.30. The van der Waals surface area contributed by atoms with Crippen molar-refractivity contribution in [2.24, 2.45) is 5.73 Å². The quantitative estimate of drug-likeness (QED) is 0.890. The molecule has 23 heavy (non-hydrogen) atoms.